The second-order valence-electron chi connectivity index (χ2n) is 6.14. The van der Waals surface area contributed by atoms with Gasteiger partial charge in [-0.05, 0) is 45.7 Å². The number of carbonyl (C=O) groups excluding carboxylic acids is 2. The summed E-state index contributed by atoms with van der Waals surface area (Å²) in [5.74, 6) is 0.174. The molecule has 2 aromatic rings. The van der Waals surface area contributed by atoms with Crippen LogP contribution in [-0.2, 0) is 11.2 Å². The van der Waals surface area contributed by atoms with Gasteiger partial charge in [0.2, 0.25) is 5.76 Å². The first-order valence-corrected chi connectivity index (χ1v) is 8.21. The molecule has 0 atom stereocenters. The Morgan fingerprint density at radius 3 is 2.80 bits per heavy atom. The number of amides is 1. The normalized spacial score (nSPS) is 15.3. The number of hydrazone groups is 1. The topological polar surface area (TPSA) is 94.0 Å². The third-order valence-electron chi connectivity index (χ3n) is 3.89. The maximum Gasteiger partial charge on any atom is 0.374 e. The highest BCUT2D eigenvalue weighted by atomic mass is 16.6. The molecule has 0 spiro atoms. The quantitative estimate of drug-likeness (QED) is 0.679. The number of carbonyl (C=O) groups is 2. The fraction of sp³-hybridized carbons (Fsp3) is 0.389. The van der Waals surface area contributed by atoms with Crippen LogP contribution in [0.4, 0.5) is 0 Å². The zero-order valence-corrected chi connectivity index (χ0v) is 14.4. The van der Waals surface area contributed by atoms with Gasteiger partial charge >= 0.3 is 11.9 Å². The van der Waals surface area contributed by atoms with E-state index in [2.05, 4.69) is 10.5 Å². The Hall–Kier alpha value is -2.83. The monoisotopic (exact) mass is 344 g/mol. The van der Waals surface area contributed by atoms with E-state index in [9.17, 15) is 9.59 Å². The summed E-state index contributed by atoms with van der Waals surface area (Å²) in [4.78, 5) is 24.2. The summed E-state index contributed by atoms with van der Waals surface area (Å²) in [5.41, 5.74) is 4.64. The number of nitrogens with zero attached hydrogens (tertiary/aromatic N) is 1. The van der Waals surface area contributed by atoms with Gasteiger partial charge in [0.25, 0.3) is 0 Å². The van der Waals surface area contributed by atoms with Crippen molar-refractivity contribution in [1.82, 2.24) is 5.43 Å². The Kier molecular flexibility index (Phi) is 4.74. The summed E-state index contributed by atoms with van der Waals surface area (Å²) in [7, 11) is 0. The molecule has 1 aliphatic rings. The highest BCUT2D eigenvalue weighted by Gasteiger charge is 2.29. The molecule has 1 N–H and O–H groups in total. The average Bonchev–Trinajstić information content (AvgIpc) is 3.20. The van der Waals surface area contributed by atoms with E-state index >= 15 is 0 Å². The summed E-state index contributed by atoms with van der Waals surface area (Å²) < 4.78 is 16.0. The highest BCUT2D eigenvalue weighted by molar-refractivity contribution is 6.06. The number of nitrogens with one attached hydrogen (secondary N) is 1. The van der Waals surface area contributed by atoms with Crippen LogP contribution in [-0.4, -0.2) is 23.7 Å². The lowest BCUT2D eigenvalue weighted by atomic mass is 9.93. The molecule has 0 aliphatic heterocycles. The smallest absolute Gasteiger partial charge is 0.374 e. The number of furan rings is 2. The minimum atomic E-state index is -0.485. The third kappa shape index (κ3) is 3.50. The minimum Gasteiger partial charge on any atom is -0.459 e. The summed E-state index contributed by atoms with van der Waals surface area (Å²) in [6, 6.07) is 3.19. The standard InChI is InChI=1S/C18H20N2O5/c1-10(2)24-18(22)16-11(3)15-12(6-4-7-13(15)25-16)19-20-17(21)14-8-5-9-23-14/h5,8-10H,4,6-7H2,1-3H3,(H,20,21)/b19-12+. The minimum absolute atomic E-state index is 0.186. The van der Waals surface area contributed by atoms with Crippen molar-refractivity contribution in [3.63, 3.8) is 0 Å². The van der Waals surface area contributed by atoms with Crippen molar-refractivity contribution >= 4 is 17.6 Å². The van der Waals surface area contributed by atoms with Crippen molar-refractivity contribution in [2.45, 2.75) is 46.1 Å². The Morgan fingerprint density at radius 1 is 1.32 bits per heavy atom. The molecule has 132 valence electrons. The fourth-order valence-corrected chi connectivity index (χ4v) is 2.82. The van der Waals surface area contributed by atoms with Crippen LogP contribution in [0.2, 0.25) is 0 Å². The van der Waals surface area contributed by atoms with Crippen molar-refractivity contribution < 1.29 is 23.2 Å². The van der Waals surface area contributed by atoms with Gasteiger partial charge in [-0.2, -0.15) is 5.10 Å². The molecule has 7 nitrogen and oxygen atoms in total. The van der Waals surface area contributed by atoms with Gasteiger partial charge in [-0.15, -0.1) is 0 Å². The number of aryl methyl sites for hydroxylation is 1. The van der Waals surface area contributed by atoms with Crippen LogP contribution in [0.5, 0.6) is 0 Å². The molecule has 0 unspecified atom stereocenters. The second kappa shape index (κ2) is 6.96. The van der Waals surface area contributed by atoms with Gasteiger partial charge in [-0.1, -0.05) is 0 Å². The van der Waals surface area contributed by atoms with E-state index in [1.165, 1.54) is 6.26 Å². The van der Waals surface area contributed by atoms with Gasteiger partial charge in [-0.25, -0.2) is 10.2 Å². The van der Waals surface area contributed by atoms with Crippen molar-refractivity contribution in [1.29, 1.82) is 0 Å². The van der Waals surface area contributed by atoms with Crippen LogP contribution >= 0.6 is 0 Å². The first-order valence-electron chi connectivity index (χ1n) is 8.21. The Morgan fingerprint density at radius 2 is 2.12 bits per heavy atom. The molecule has 1 amide bonds. The van der Waals surface area contributed by atoms with Gasteiger partial charge in [0, 0.05) is 17.5 Å². The molecular formula is C18H20N2O5. The number of hydrogen-bond acceptors (Lipinski definition) is 6. The lowest BCUT2D eigenvalue weighted by Crippen LogP contribution is -2.21. The average molecular weight is 344 g/mol. The van der Waals surface area contributed by atoms with Crippen molar-refractivity contribution in [3.05, 3.63) is 46.8 Å². The summed E-state index contributed by atoms with van der Waals surface area (Å²) in [6.45, 7) is 5.37. The van der Waals surface area contributed by atoms with Crippen LogP contribution in [0.1, 0.15) is 64.7 Å². The number of fused-ring (bicyclic) bond motifs is 1. The lowest BCUT2D eigenvalue weighted by Gasteiger charge is -2.13. The van der Waals surface area contributed by atoms with Crippen LogP contribution in [0.25, 0.3) is 0 Å². The van der Waals surface area contributed by atoms with Crippen molar-refractivity contribution in [2.24, 2.45) is 5.10 Å². The molecule has 2 aromatic heterocycles. The zero-order valence-electron chi connectivity index (χ0n) is 14.4. The summed E-state index contributed by atoms with van der Waals surface area (Å²) in [5, 5.41) is 4.22. The Balaban J connectivity index is 1.86. The molecule has 7 heteroatoms. The maximum atomic E-state index is 12.2. The van der Waals surface area contributed by atoms with E-state index in [1.807, 2.05) is 0 Å². The van der Waals surface area contributed by atoms with E-state index in [0.717, 1.165) is 18.4 Å². The Labute approximate surface area is 145 Å². The van der Waals surface area contributed by atoms with E-state index in [0.29, 0.717) is 23.5 Å². The van der Waals surface area contributed by atoms with Gasteiger partial charge in [0.1, 0.15) is 5.76 Å². The molecule has 0 saturated carbocycles. The van der Waals surface area contributed by atoms with Crippen LogP contribution < -0.4 is 5.43 Å². The maximum absolute atomic E-state index is 12.2. The first-order chi connectivity index (χ1) is 12.0. The molecule has 0 radical (unpaired) electrons. The molecule has 25 heavy (non-hydrogen) atoms. The van der Waals surface area contributed by atoms with E-state index in [4.69, 9.17) is 13.6 Å². The molecule has 0 bridgehead atoms. The largest absolute Gasteiger partial charge is 0.459 e. The predicted molar refractivity (Wildman–Crippen MR) is 89.6 cm³/mol. The SMILES string of the molecule is Cc1c(C(=O)OC(C)C)oc2c1/C(=N/NC(=O)c1ccco1)CCC2. The van der Waals surface area contributed by atoms with Gasteiger partial charge in [0.15, 0.2) is 5.76 Å². The molecular weight excluding hydrogens is 324 g/mol. The molecule has 0 aromatic carbocycles. The molecule has 0 saturated heterocycles. The van der Waals surface area contributed by atoms with E-state index in [-0.39, 0.29) is 17.6 Å². The molecule has 0 fully saturated rings. The summed E-state index contributed by atoms with van der Waals surface area (Å²) >= 11 is 0. The van der Waals surface area contributed by atoms with Crippen molar-refractivity contribution in [3.8, 4) is 0 Å². The third-order valence-corrected chi connectivity index (χ3v) is 3.89. The van der Waals surface area contributed by atoms with Crippen LogP contribution in [0, 0.1) is 6.92 Å². The lowest BCUT2D eigenvalue weighted by molar-refractivity contribution is 0.0338. The molecule has 3 rings (SSSR count). The molecule has 1 aliphatic carbocycles. The number of rotatable bonds is 4. The number of esters is 1. The van der Waals surface area contributed by atoms with Crippen molar-refractivity contribution in [2.75, 3.05) is 0 Å². The number of ether oxygens (including phenoxy) is 1. The van der Waals surface area contributed by atoms with Crippen LogP contribution in [0.15, 0.2) is 32.3 Å². The van der Waals surface area contributed by atoms with Gasteiger partial charge in [-0.3, -0.25) is 4.79 Å². The van der Waals surface area contributed by atoms with E-state index in [1.54, 1.807) is 32.9 Å². The highest BCUT2D eigenvalue weighted by Crippen LogP contribution is 2.30. The fourth-order valence-electron chi connectivity index (χ4n) is 2.82. The molecule has 2 heterocycles. The summed E-state index contributed by atoms with van der Waals surface area (Å²) in [6.07, 6.45) is 3.43. The second-order valence-corrected chi connectivity index (χ2v) is 6.14. The first kappa shape index (κ1) is 17.0. The van der Waals surface area contributed by atoms with Gasteiger partial charge in [0.05, 0.1) is 18.1 Å². The predicted octanol–water partition coefficient (Wildman–Crippen LogP) is 3.22. The van der Waals surface area contributed by atoms with E-state index < -0.39 is 11.9 Å². The van der Waals surface area contributed by atoms with Gasteiger partial charge < -0.3 is 13.6 Å². The van der Waals surface area contributed by atoms with Crippen LogP contribution in [0.3, 0.4) is 0 Å². The zero-order chi connectivity index (χ0) is 18.0. The number of hydrogen-bond donors (Lipinski definition) is 1. The Bertz CT molecular complexity index is 815.